The van der Waals surface area contributed by atoms with Gasteiger partial charge in [-0.3, -0.25) is 9.59 Å². The number of halogens is 2. The van der Waals surface area contributed by atoms with E-state index in [9.17, 15) is 14.0 Å². The number of hydrogen-bond donors (Lipinski definition) is 2. The molecule has 24 heavy (non-hydrogen) atoms. The maximum absolute atomic E-state index is 12.9. The standard InChI is InChI=1S/C16H22FN3O3.ClH/c1-23-11-9-18-7-8-19-15(21)14-6-10-20(16(14)22)13-4-2-12(17)3-5-13;/h2-5,14,18H,6-11H2,1H3,(H,19,21);1H. The normalized spacial score (nSPS) is 16.8. The molecule has 0 saturated carbocycles. The number of anilines is 1. The zero-order chi connectivity index (χ0) is 16.7. The first-order chi connectivity index (χ1) is 11.1. The third-order valence-corrected chi connectivity index (χ3v) is 3.74. The zero-order valence-corrected chi connectivity index (χ0v) is 14.4. The number of ether oxygens (including phenoxy) is 1. The van der Waals surface area contributed by atoms with Gasteiger partial charge >= 0.3 is 0 Å². The number of nitrogens with one attached hydrogen (secondary N) is 2. The number of carbonyl (C=O) groups is 2. The van der Waals surface area contributed by atoms with Gasteiger partial charge in [0.2, 0.25) is 11.8 Å². The summed E-state index contributed by atoms with van der Waals surface area (Å²) in [5.74, 6) is -1.51. The summed E-state index contributed by atoms with van der Waals surface area (Å²) in [5, 5.41) is 5.88. The van der Waals surface area contributed by atoms with Crippen molar-refractivity contribution in [3.05, 3.63) is 30.1 Å². The number of amides is 2. The van der Waals surface area contributed by atoms with E-state index in [0.29, 0.717) is 44.9 Å². The van der Waals surface area contributed by atoms with Crippen molar-refractivity contribution in [2.24, 2.45) is 5.92 Å². The first kappa shape index (κ1) is 20.3. The number of methoxy groups -OCH3 is 1. The second-order valence-corrected chi connectivity index (χ2v) is 5.34. The maximum atomic E-state index is 12.9. The van der Waals surface area contributed by atoms with Crippen LogP contribution in [0, 0.1) is 11.7 Å². The quantitative estimate of drug-likeness (QED) is 0.535. The third-order valence-electron chi connectivity index (χ3n) is 3.74. The van der Waals surface area contributed by atoms with Crippen LogP contribution >= 0.6 is 12.4 Å². The average molecular weight is 360 g/mol. The van der Waals surface area contributed by atoms with Crippen molar-refractivity contribution < 1.29 is 18.7 Å². The first-order valence-corrected chi connectivity index (χ1v) is 7.68. The molecule has 0 spiro atoms. The van der Waals surface area contributed by atoms with Crippen LogP contribution in [0.2, 0.25) is 0 Å². The minimum Gasteiger partial charge on any atom is -0.383 e. The molecule has 1 unspecified atom stereocenters. The van der Waals surface area contributed by atoms with Crippen LogP contribution in [0.1, 0.15) is 6.42 Å². The van der Waals surface area contributed by atoms with E-state index in [1.807, 2.05) is 0 Å². The fraction of sp³-hybridized carbons (Fsp3) is 0.500. The van der Waals surface area contributed by atoms with Gasteiger partial charge in [0.1, 0.15) is 11.7 Å². The summed E-state index contributed by atoms with van der Waals surface area (Å²) in [6.45, 7) is 2.88. The van der Waals surface area contributed by atoms with Crippen LogP contribution in [0.25, 0.3) is 0 Å². The molecule has 6 nitrogen and oxygen atoms in total. The molecular formula is C16H23ClFN3O3. The molecule has 2 N–H and O–H groups in total. The molecule has 2 rings (SSSR count). The largest absolute Gasteiger partial charge is 0.383 e. The summed E-state index contributed by atoms with van der Waals surface area (Å²) >= 11 is 0. The maximum Gasteiger partial charge on any atom is 0.239 e. The Balaban J connectivity index is 0.00000288. The van der Waals surface area contributed by atoms with Gasteiger partial charge in [-0.1, -0.05) is 0 Å². The molecule has 1 aromatic rings. The van der Waals surface area contributed by atoms with Crippen LogP contribution in [0.3, 0.4) is 0 Å². The van der Waals surface area contributed by atoms with Gasteiger partial charge in [-0.05, 0) is 30.7 Å². The number of rotatable bonds is 8. The van der Waals surface area contributed by atoms with Crippen LogP contribution in [-0.4, -0.2) is 51.7 Å². The lowest BCUT2D eigenvalue weighted by Gasteiger charge is -2.16. The van der Waals surface area contributed by atoms with Crippen molar-refractivity contribution in [1.82, 2.24) is 10.6 Å². The molecule has 1 atom stereocenters. The van der Waals surface area contributed by atoms with E-state index in [0.717, 1.165) is 0 Å². The first-order valence-electron chi connectivity index (χ1n) is 7.68. The monoisotopic (exact) mass is 359 g/mol. The Morgan fingerprint density at radius 3 is 2.67 bits per heavy atom. The van der Waals surface area contributed by atoms with Crippen LogP contribution in [0.4, 0.5) is 10.1 Å². The van der Waals surface area contributed by atoms with Crippen LogP contribution in [0.15, 0.2) is 24.3 Å². The Labute approximate surface area is 147 Å². The van der Waals surface area contributed by atoms with Crippen molar-refractivity contribution in [1.29, 1.82) is 0 Å². The lowest BCUT2D eigenvalue weighted by Crippen LogP contribution is -2.39. The summed E-state index contributed by atoms with van der Waals surface area (Å²) < 4.78 is 17.8. The van der Waals surface area contributed by atoms with Gasteiger partial charge < -0.3 is 20.3 Å². The molecule has 0 aromatic heterocycles. The summed E-state index contributed by atoms with van der Waals surface area (Å²) in [6, 6.07) is 5.71. The number of carbonyl (C=O) groups excluding carboxylic acids is 2. The fourth-order valence-electron chi connectivity index (χ4n) is 2.50. The van der Waals surface area contributed by atoms with Gasteiger partial charge in [-0.2, -0.15) is 0 Å². The summed E-state index contributed by atoms with van der Waals surface area (Å²) in [4.78, 5) is 26.0. The van der Waals surface area contributed by atoms with E-state index in [2.05, 4.69) is 10.6 Å². The molecule has 8 heteroatoms. The highest BCUT2D eigenvalue weighted by molar-refractivity contribution is 6.09. The third kappa shape index (κ3) is 5.43. The lowest BCUT2D eigenvalue weighted by atomic mass is 10.1. The Morgan fingerprint density at radius 2 is 2.00 bits per heavy atom. The zero-order valence-electron chi connectivity index (χ0n) is 13.6. The van der Waals surface area contributed by atoms with Crippen molar-refractivity contribution in [2.45, 2.75) is 6.42 Å². The molecule has 134 valence electrons. The van der Waals surface area contributed by atoms with Gasteiger partial charge in [0.25, 0.3) is 0 Å². The number of benzene rings is 1. The topological polar surface area (TPSA) is 70.7 Å². The van der Waals surface area contributed by atoms with Crippen molar-refractivity contribution in [2.75, 3.05) is 44.8 Å². The van der Waals surface area contributed by atoms with Gasteiger partial charge in [0.05, 0.1) is 6.61 Å². The molecule has 1 saturated heterocycles. The SMILES string of the molecule is COCCNCCNC(=O)C1CCN(c2ccc(F)cc2)C1=O.Cl. The van der Waals surface area contributed by atoms with Crippen LogP contribution in [0.5, 0.6) is 0 Å². The highest BCUT2D eigenvalue weighted by atomic mass is 35.5. The smallest absolute Gasteiger partial charge is 0.239 e. The molecule has 0 radical (unpaired) electrons. The Morgan fingerprint density at radius 1 is 1.29 bits per heavy atom. The second-order valence-electron chi connectivity index (χ2n) is 5.34. The van der Waals surface area contributed by atoms with E-state index in [1.54, 1.807) is 19.2 Å². The Kier molecular flexibility index (Phi) is 8.67. The highest BCUT2D eigenvalue weighted by Crippen LogP contribution is 2.25. The molecule has 1 aliphatic heterocycles. The lowest BCUT2D eigenvalue weighted by molar-refractivity contribution is -0.132. The minimum absolute atomic E-state index is 0. The van der Waals surface area contributed by atoms with E-state index < -0.39 is 5.92 Å². The van der Waals surface area contributed by atoms with E-state index in [4.69, 9.17) is 4.74 Å². The van der Waals surface area contributed by atoms with Crippen LogP contribution < -0.4 is 15.5 Å². The van der Waals surface area contributed by atoms with Gasteiger partial charge in [0.15, 0.2) is 0 Å². The predicted octanol–water partition coefficient (Wildman–Crippen LogP) is 0.953. The molecule has 1 fully saturated rings. The van der Waals surface area contributed by atoms with Gasteiger partial charge in [-0.25, -0.2) is 4.39 Å². The molecule has 1 aromatic carbocycles. The second kappa shape index (κ2) is 10.2. The Bertz CT molecular complexity index is 542. The molecule has 1 heterocycles. The molecule has 0 bridgehead atoms. The number of nitrogens with zero attached hydrogens (tertiary/aromatic N) is 1. The average Bonchev–Trinajstić information content (AvgIpc) is 2.93. The van der Waals surface area contributed by atoms with Gasteiger partial charge in [0, 0.05) is 39.0 Å². The van der Waals surface area contributed by atoms with E-state index >= 15 is 0 Å². The molecule has 0 aliphatic carbocycles. The highest BCUT2D eigenvalue weighted by Gasteiger charge is 2.37. The van der Waals surface area contributed by atoms with Crippen molar-refractivity contribution >= 4 is 29.9 Å². The summed E-state index contributed by atoms with van der Waals surface area (Å²) in [5.41, 5.74) is 0.618. The summed E-state index contributed by atoms with van der Waals surface area (Å²) in [6.07, 6.45) is 0.471. The summed E-state index contributed by atoms with van der Waals surface area (Å²) in [7, 11) is 1.63. The van der Waals surface area contributed by atoms with Crippen molar-refractivity contribution in [3.8, 4) is 0 Å². The van der Waals surface area contributed by atoms with Gasteiger partial charge in [-0.15, -0.1) is 12.4 Å². The fourth-order valence-corrected chi connectivity index (χ4v) is 2.50. The van der Waals surface area contributed by atoms with Crippen molar-refractivity contribution in [3.63, 3.8) is 0 Å². The van der Waals surface area contributed by atoms with E-state index in [-0.39, 0.29) is 30.0 Å². The molecule has 1 aliphatic rings. The number of hydrogen-bond acceptors (Lipinski definition) is 4. The molecular weight excluding hydrogens is 337 g/mol. The minimum atomic E-state index is -0.668. The van der Waals surface area contributed by atoms with Crippen LogP contribution in [-0.2, 0) is 14.3 Å². The molecule has 2 amide bonds. The predicted molar refractivity (Wildman–Crippen MR) is 91.9 cm³/mol. The van der Waals surface area contributed by atoms with E-state index in [1.165, 1.54) is 17.0 Å². The Hall–Kier alpha value is -1.70.